The summed E-state index contributed by atoms with van der Waals surface area (Å²) in [5.74, 6) is 1.06. The summed E-state index contributed by atoms with van der Waals surface area (Å²) in [5, 5.41) is 7.11. The molecule has 9 nitrogen and oxygen atoms in total. The van der Waals surface area contributed by atoms with Crippen LogP contribution in [0.4, 0.5) is 5.69 Å². The minimum Gasteiger partial charge on any atom is -0.455 e. The van der Waals surface area contributed by atoms with Crippen molar-refractivity contribution in [3.8, 4) is 11.5 Å². The van der Waals surface area contributed by atoms with Gasteiger partial charge in [0.2, 0.25) is 12.3 Å². The first kappa shape index (κ1) is 52.2. The zero-order chi connectivity index (χ0) is 40.3. The van der Waals surface area contributed by atoms with E-state index in [-0.39, 0.29) is 18.2 Å². The van der Waals surface area contributed by atoms with Crippen molar-refractivity contribution in [1.82, 2.24) is 10.2 Å². The van der Waals surface area contributed by atoms with E-state index < -0.39 is 0 Å². The lowest BCUT2D eigenvalue weighted by Gasteiger charge is -2.14. The third kappa shape index (κ3) is 30.6. The van der Waals surface area contributed by atoms with E-state index in [0.717, 1.165) is 19.4 Å². The number of aliphatic imine (C=N–C) groups is 1. The van der Waals surface area contributed by atoms with Crippen LogP contribution in [0.1, 0.15) is 91.3 Å². The lowest BCUT2D eigenvalue weighted by atomic mass is 10.0. The van der Waals surface area contributed by atoms with Crippen LogP contribution in [-0.2, 0) is 22.4 Å². The number of nitrogens with two attached hydrogens (primary N) is 2. The van der Waals surface area contributed by atoms with Crippen molar-refractivity contribution in [1.29, 1.82) is 0 Å². The summed E-state index contributed by atoms with van der Waals surface area (Å²) < 4.78 is 5.87. The lowest BCUT2D eigenvalue weighted by Crippen LogP contribution is -2.22. The molecule has 0 saturated heterocycles. The molecule has 2 amide bonds. The molecule has 0 aliphatic carbocycles. The highest BCUT2D eigenvalue weighted by Crippen LogP contribution is 2.31. The van der Waals surface area contributed by atoms with E-state index >= 15 is 0 Å². The van der Waals surface area contributed by atoms with Gasteiger partial charge in [-0.2, -0.15) is 4.99 Å². The number of carbonyl (C=O) groups is 2. The maximum Gasteiger partial charge on any atom is 0.244 e. The Hall–Kier alpha value is -4.18. The van der Waals surface area contributed by atoms with Gasteiger partial charge in [0.15, 0.2) is 5.75 Å². The fourth-order valence-electron chi connectivity index (χ4n) is 3.64. The lowest BCUT2D eigenvalue weighted by molar-refractivity contribution is -0.115. The number of halogens is 1. The number of aryl methyl sites for hydroxylation is 2. The number of hydrogen-bond donors (Lipinski definition) is 4. The highest BCUT2D eigenvalue weighted by Gasteiger charge is 2.09. The Labute approximate surface area is 321 Å². The van der Waals surface area contributed by atoms with Gasteiger partial charge in [-0.25, -0.2) is 0 Å². The Morgan fingerprint density at radius 3 is 1.79 bits per heavy atom. The summed E-state index contributed by atoms with van der Waals surface area (Å²) in [6.07, 6.45) is 8.16. The fraction of sp³-hybridized carbons (Fsp3) is 0.452. The van der Waals surface area contributed by atoms with E-state index in [4.69, 9.17) is 26.9 Å². The molecular weight excluding hydrogens is 672 g/mol. The number of carbonyl (C=O) groups excluding carboxylic acids is 2. The zero-order valence-corrected chi connectivity index (χ0v) is 34.6. The van der Waals surface area contributed by atoms with Gasteiger partial charge in [0.25, 0.3) is 0 Å². The summed E-state index contributed by atoms with van der Waals surface area (Å²) in [4.78, 5) is 25.4. The molecule has 0 heterocycles. The van der Waals surface area contributed by atoms with Crippen LogP contribution in [0.5, 0.6) is 11.5 Å². The number of unbranched alkanes of at least 4 members (excludes halogenated alkanes) is 1. The highest BCUT2D eigenvalue weighted by atomic mass is 35.5. The molecule has 0 spiro atoms. The molecule has 0 bridgehead atoms. The van der Waals surface area contributed by atoms with Crippen LogP contribution >= 0.6 is 11.6 Å². The molecule has 3 rings (SSSR count). The van der Waals surface area contributed by atoms with Gasteiger partial charge in [0.05, 0.1) is 5.69 Å². The maximum atomic E-state index is 11.1. The third-order valence-corrected chi connectivity index (χ3v) is 6.47. The van der Waals surface area contributed by atoms with Crippen LogP contribution < -0.4 is 26.8 Å². The van der Waals surface area contributed by atoms with Gasteiger partial charge in [-0.3, -0.25) is 9.59 Å². The van der Waals surface area contributed by atoms with Crippen molar-refractivity contribution < 1.29 is 14.3 Å². The average Bonchev–Trinajstić information content (AvgIpc) is 3.11. The monoisotopic (exact) mass is 741 g/mol. The highest BCUT2D eigenvalue weighted by molar-refractivity contribution is 6.30. The molecule has 292 valence electrons. The second kappa shape index (κ2) is 35.2. The smallest absolute Gasteiger partial charge is 0.244 e. The van der Waals surface area contributed by atoms with Crippen molar-refractivity contribution in [3.63, 3.8) is 0 Å². The van der Waals surface area contributed by atoms with Crippen LogP contribution in [-0.4, -0.2) is 63.3 Å². The molecule has 0 fully saturated rings. The van der Waals surface area contributed by atoms with Gasteiger partial charge in [-0.05, 0) is 101 Å². The van der Waals surface area contributed by atoms with Crippen molar-refractivity contribution in [3.05, 3.63) is 101 Å². The average molecular weight is 742 g/mol. The molecule has 0 radical (unpaired) electrons. The second-order valence-electron chi connectivity index (χ2n) is 12.0. The van der Waals surface area contributed by atoms with Gasteiger partial charge in [0.1, 0.15) is 11.6 Å². The second-order valence-corrected chi connectivity index (χ2v) is 12.5. The van der Waals surface area contributed by atoms with Crippen LogP contribution in [0.25, 0.3) is 0 Å². The Bertz CT molecular complexity index is 1330. The third-order valence-electron chi connectivity index (χ3n) is 6.21. The van der Waals surface area contributed by atoms with Crippen molar-refractivity contribution >= 4 is 35.4 Å². The minimum absolute atomic E-state index is 0.155. The van der Waals surface area contributed by atoms with E-state index in [1.165, 1.54) is 37.3 Å². The maximum absolute atomic E-state index is 11.1. The van der Waals surface area contributed by atoms with Crippen molar-refractivity contribution in [2.75, 3.05) is 39.5 Å². The number of amides is 2. The Morgan fingerprint density at radius 1 is 0.923 bits per heavy atom. The number of benzene rings is 3. The number of hydrogen-bond acceptors (Lipinski definition) is 6. The molecule has 3 aromatic rings. The summed E-state index contributed by atoms with van der Waals surface area (Å²) >= 11 is 5.88. The SMILES string of the molecule is C=CCNc1cc(C(N)=NC(C)=O)ccc1Oc1ccc(Cl)cc1.CCCC.CCCNC(C)C.CCc1ccccc1CC.CN(C)C.NC=O. The largest absolute Gasteiger partial charge is 0.455 e. The summed E-state index contributed by atoms with van der Waals surface area (Å²) in [6, 6.07) is 21.6. The number of nitrogens with one attached hydrogen (secondary N) is 2. The molecule has 0 aromatic heterocycles. The molecule has 0 saturated carbocycles. The normalized spacial score (nSPS) is 9.85. The standard InChI is InChI=1S/C18H18ClN3O2.C10H14.C6H15N.C4H10.C3H9N.CH3NO/c1-3-10-21-16-11-13(18(20)22-12(2)23)4-9-17(16)24-15-7-5-14(19)6-8-15;1-3-9-7-5-6-8-10(9)4-2;1-4-5-7-6(2)3;1-3-4-2;1-4(2)3;2-1-3/h3-9,11,21H,1,10H2,2H3,(H2,20,22,23);5-8H,3-4H2,1-2H3;6-7H,4-5H2,1-3H3;3-4H2,1-2H3;1-3H3;1H,(H2,2,3). The van der Waals surface area contributed by atoms with E-state index in [2.05, 4.69) is 101 Å². The van der Waals surface area contributed by atoms with E-state index in [0.29, 0.717) is 40.4 Å². The quantitative estimate of drug-likeness (QED) is 0.0629. The Balaban J connectivity index is -0.000000701. The molecule has 0 atom stereocenters. The molecule has 52 heavy (non-hydrogen) atoms. The number of rotatable bonds is 12. The molecule has 0 aliphatic heterocycles. The summed E-state index contributed by atoms with van der Waals surface area (Å²) in [7, 11) is 6.00. The van der Waals surface area contributed by atoms with Gasteiger partial charge in [-0.15, -0.1) is 6.58 Å². The van der Waals surface area contributed by atoms with Crippen LogP contribution in [0.15, 0.2) is 84.4 Å². The number of nitrogens with zero attached hydrogens (tertiary/aromatic N) is 2. The Kier molecular flexibility index (Phi) is 35.4. The summed E-state index contributed by atoms with van der Waals surface area (Å²) in [6.45, 7) is 22.0. The minimum atomic E-state index is -0.352. The number of anilines is 1. The molecule has 6 N–H and O–H groups in total. The zero-order valence-electron chi connectivity index (χ0n) is 33.9. The number of amidine groups is 1. The van der Waals surface area contributed by atoms with Crippen molar-refractivity contribution in [2.45, 2.75) is 93.5 Å². The van der Waals surface area contributed by atoms with Gasteiger partial charge in [-0.1, -0.05) is 103 Å². The predicted octanol–water partition coefficient (Wildman–Crippen LogP) is 9.27. The van der Waals surface area contributed by atoms with Gasteiger partial charge >= 0.3 is 0 Å². The van der Waals surface area contributed by atoms with Gasteiger partial charge < -0.3 is 31.7 Å². The van der Waals surface area contributed by atoms with Crippen LogP contribution in [0.3, 0.4) is 0 Å². The molecule has 3 aromatic carbocycles. The first-order valence-electron chi connectivity index (χ1n) is 18.0. The molecule has 0 aliphatic rings. The van der Waals surface area contributed by atoms with E-state index in [1.807, 2.05) is 26.0 Å². The van der Waals surface area contributed by atoms with Crippen LogP contribution in [0.2, 0.25) is 5.02 Å². The topological polar surface area (TPSA) is 135 Å². The van der Waals surface area contributed by atoms with Gasteiger partial charge in [0, 0.05) is 30.1 Å². The first-order valence-corrected chi connectivity index (χ1v) is 18.4. The van der Waals surface area contributed by atoms with Crippen LogP contribution in [0, 0.1) is 0 Å². The summed E-state index contributed by atoms with van der Waals surface area (Å²) in [5.41, 5.74) is 14.3. The fourth-order valence-corrected chi connectivity index (χ4v) is 3.77. The van der Waals surface area contributed by atoms with E-state index in [1.54, 1.807) is 48.5 Å². The molecule has 0 unspecified atom stereocenters. The number of ether oxygens (including phenoxy) is 1. The first-order chi connectivity index (χ1) is 24.7. The van der Waals surface area contributed by atoms with Crippen molar-refractivity contribution in [2.24, 2.45) is 16.5 Å². The molecular formula is C42H69ClN6O3. The Morgan fingerprint density at radius 2 is 1.42 bits per heavy atom. The molecule has 10 heteroatoms. The predicted molar refractivity (Wildman–Crippen MR) is 227 cm³/mol. The number of primary amides is 1. The van der Waals surface area contributed by atoms with E-state index in [9.17, 15) is 4.79 Å².